The van der Waals surface area contributed by atoms with Crippen LogP contribution < -0.4 is 11.3 Å². The number of nitrogens with one attached hydrogen (secondary N) is 1. The van der Waals surface area contributed by atoms with Crippen LogP contribution in [0.4, 0.5) is 0 Å². The monoisotopic (exact) mass is 299 g/mol. The summed E-state index contributed by atoms with van der Waals surface area (Å²) in [7, 11) is 1.84. The van der Waals surface area contributed by atoms with Gasteiger partial charge in [0.1, 0.15) is 5.15 Å². The number of halogens is 1. The zero-order valence-electron chi connectivity index (χ0n) is 11.3. The van der Waals surface area contributed by atoms with Crippen LogP contribution in [0.1, 0.15) is 22.0 Å². The molecular formula is C12H18ClN5S. The maximum atomic E-state index is 6.24. The van der Waals surface area contributed by atoms with Crippen molar-refractivity contribution in [1.29, 1.82) is 0 Å². The van der Waals surface area contributed by atoms with Gasteiger partial charge in [-0.1, -0.05) is 11.6 Å². The summed E-state index contributed by atoms with van der Waals surface area (Å²) in [6, 6.07) is 0.103. The smallest absolute Gasteiger partial charge is 0.130 e. The van der Waals surface area contributed by atoms with Gasteiger partial charge in [-0.15, -0.1) is 11.3 Å². The number of thiazole rings is 1. The van der Waals surface area contributed by atoms with Gasteiger partial charge in [-0.3, -0.25) is 16.0 Å². The largest absolute Gasteiger partial charge is 0.271 e. The summed E-state index contributed by atoms with van der Waals surface area (Å²) in [5, 5.41) is 8.11. The summed E-state index contributed by atoms with van der Waals surface area (Å²) >= 11 is 7.90. The molecule has 1 atom stereocenters. The minimum atomic E-state index is 0.103. The van der Waals surface area contributed by atoms with Crippen molar-refractivity contribution in [2.24, 2.45) is 12.9 Å². The van der Waals surface area contributed by atoms with E-state index in [0.29, 0.717) is 5.15 Å². The summed E-state index contributed by atoms with van der Waals surface area (Å²) in [6.07, 6.45) is 1.54. The molecule has 0 saturated heterocycles. The Morgan fingerprint density at radius 2 is 2.21 bits per heavy atom. The van der Waals surface area contributed by atoms with Crippen LogP contribution in [-0.2, 0) is 19.9 Å². The van der Waals surface area contributed by atoms with E-state index in [1.54, 1.807) is 16.0 Å². The molecule has 2 rings (SSSR count). The Morgan fingerprint density at radius 3 is 2.68 bits per heavy atom. The number of nitrogens with two attached hydrogens (primary N) is 1. The maximum Gasteiger partial charge on any atom is 0.130 e. The van der Waals surface area contributed by atoms with Crippen molar-refractivity contribution < 1.29 is 0 Å². The van der Waals surface area contributed by atoms with Gasteiger partial charge in [0, 0.05) is 36.1 Å². The van der Waals surface area contributed by atoms with Crippen molar-refractivity contribution in [2.45, 2.75) is 32.7 Å². The van der Waals surface area contributed by atoms with E-state index < -0.39 is 0 Å². The highest BCUT2D eigenvalue weighted by molar-refractivity contribution is 7.09. The third-order valence-corrected chi connectivity index (χ3v) is 4.51. The molecule has 5 nitrogen and oxygen atoms in total. The topological polar surface area (TPSA) is 68.8 Å². The van der Waals surface area contributed by atoms with Gasteiger partial charge in [-0.25, -0.2) is 4.98 Å². The first kappa shape index (κ1) is 14.5. The summed E-state index contributed by atoms with van der Waals surface area (Å²) in [5.41, 5.74) is 5.88. The van der Waals surface area contributed by atoms with Crippen molar-refractivity contribution in [1.82, 2.24) is 20.2 Å². The highest BCUT2D eigenvalue weighted by atomic mass is 35.5. The van der Waals surface area contributed by atoms with E-state index in [4.69, 9.17) is 17.4 Å². The van der Waals surface area contributed by atoms with Crippen molar-refractivity contribution in [2.75, 3.05) is 0 Å². The van der Waals surface area contributed by atoms with Crippen LogP contribution in [0.3, 0.4) is 0 Å². The van der Waals surface area contributed by atoms with E-state index in [9.17, 15) is 0 Å². The van der Waals surface area contributed by atoms with Gasteiger partial charge < -0.3 is 0 Å². The molecule has 2 heterocycles. The van der Waals surface area contributed by atoms with Crippen LogP contribution in [0.2, 0.25) is 5.15 Å². The van der Waals surface area contributed by atoms with Gasteiger partial charge in [0.2, 0.25) is 0 Å². The number of hydrogen-bond donors (Lipinski definition) is 2. The quantitative estimate of drug-likeness (QED) is 0.652. The first-order chi connectivity index (χ1) is 9.01. The Balaban J connectivity index is 2.10. The highest BCUT2D eigenvalue weighted by Crippen LogP contribution is 2.21. The molecule has 3 N–H and O–H groups in total. The molecule has 0 aromatic carbocycles. The zero-order chi connectivity index (χ0) is 14.0. The predicted octanol–water partition coefficient (Wildman–Crippen LogP) is 1.76. The molecule has 0 fully saturated rings. The number of aromatic nitrogens is 3. The number of nitrogens with zero attached hydrogens (tertiary/aromatic N) is 3. The molecule has 19 heavy (non-hydrogen) atoms. The fourth-order valence-corrected chi connectivity index (χ4v) is 3.15. The Kier molecular flexibility index (Phi) is 4.57. The lowest BCUT2D eigenvalue weighted by Gasteiger charge is -2.14. The Morgan fingerprint density at radius 1 is 1.47 bits per heavy atom. The third kappa shape index (κ3) is 3.33. The molecule has 7 heteroatoms. The predicted molar refractivity (Wildman–Crippen MR) is 78.3 cm³/mol. The molecule has 0 aliphatic carbocycles. The minimum Gasteiger partial charge on any atom is -0.271 e. The zero-order valence-corrected chi connectivity index (χ0v) is 12.8. The molecule has 0 saturated carbocycles. The Labute approximate surface area is 121 Å². The van der Waals surface area contributed by atoms with Crippen LogP contribution in [-0.4, -0.2) is 20.8 Å². The lowest BCUT2D eigenvalue weighted by molar-refractivity contribution is 0.520. The summed E-state index contributed by atoms with van der Waals surface area (Å²) in [6.45, 7) is 3.95. The first-order valence-electron chi connectivity index (χ1n) is 6.06. The van der Waals surface area contributed by atoms with Crippen molar-refractivity contribution >= 4 is 22.9 Å². The van der Waals surface area contributed by atoms with Crippen LogP contribution in [0, 0.1) is 13.8 Å². The molecular weight excluding hydrogens is 282 g/mol. The minimum absolute atomic E-state index is 0.103. The third-order valence-electron chi connectivity index (χ3n) is 3.04. The Bertz CT molecular complexity index is 562. The molecule has 0 amide bonds. The second kappa shape index (κ2) is 6.00. The van der Waals surface area contributed by atoms with E-state index in [1.807, 2.05) is 26.3 Å². The van der Waals surface area contributed by atoms with E-state index >= 15 is 0 Å². The first-order valence-corrected chi connectivity index (χ1v) is 7.32. The summed E-state index contributed by atoms with van der Waals surface area (Å²) in [4.78, 5) is 4.46. The van der Waals surface area contributed by atoms with Crippen molar-refractivity contribution in [3.05, 3.63) is 32.5 Å². The number of aryl methyl sites for hydroxylation is 3. The van der Waals surface area contributed by atoms with E-state index in [2.05, 4.69) is 15.5 Å². The molecule has 2 aromatic heterocycles. The molecule has 0 spiro atoms. The second-order valence-corrected chi connectivity index (χ2v) is 5.93. The Hall–Kier alpha value is -0.950. The van der Waals surface area contributed by atoms with Crippen LogP contribution in [0.15, 0.2) is 5.38 Å². The fraction of sp³-hybridized carbons (Fsp3) is 0.500. The van der Waals surface area contributed by atoms with Crippen LogP contribution in [0.5, 0.6) is 0 Å². The SMILES string of the molecule is Cc1csc(CC(Cc2c(C)nn(C)c2Cl)NN)n1. The van der Waals surface area contributed by atoms with Gasteiger partial charge in [-0.05, 0) is 20.3 Å². The molecule has 1 unspecified atom stereocenters. The number of rotatable bonds is 5. The molecule has 0 aliphatic rings. The molecule has 104 valence electrons. The van der Waals surface area contributed by atoms with Crippen LogP contribution in [0.25, 0.3) is 0 Å². The standard InChI is InChI=1S/C12H18ClN5S/c1-7-6-19-11(15-7)5-9(16-14)4-10-8(2)17-18(3)12(10)13/h6,9,16H,4-5,14H2,1-3H3. The number of hydrazine groups is 1. The van der Waals surface area contributed by atoms with Crippen LogP contribution >= 0.6 is 22.9 Å². The maximum absolute atomic E-state index is 6.24. The molecule has 2 aromatic rings. The summed E-state index contributed by atoms with van der Waals surface area (Å²) in [5.74, 6) is 5.64. The normalized spacial score (nSPS) is 12.9. The van der Waals surface area contributed by atoms with Gasteiger partial charge in [-0.2, -0.15) is 5.10 Å². The molecule has 0 bridgehead atoms. The van der Waals surface area contributed by atoms with E-state index in [0.717, 1.165) is 34.8 Å². The lowest BCUT2D eigenvalue weighted by Crippen LogP contribution is -2.38. The second-order valence-electron chi connectivity index (χ2n) is 4.63. The molecule has 0 radical (unpaired) electrons. The average Bonchev–Trinajstić information content (AvgIpc) is 2.87. The van der Waals surface area contributed by atoms with Gasteiger partial charge in [0.15, 0.2) is 0 Å². The van der Waals surface area contributed by atoms with E-state index in [-0.39, 0.29) is 6.04 Å². The van der Waals surface area contributed by atoms with Gasteiger partial charge in [0.05, 0.1) is 10.7 Å². The highest BCUT2D eigenvalue weighted by Gasteiger charge is 2.17. The van der Waals surface area contributed by atoms with E-state index in [1.165, 1.54) is 0 Å². The lowest BCUT2D eigenvalue weighted by atomic mass is 10.1. The van der Waals surface area contributed by atoms with Crippen molar-refractivity contribution in [3.63, 3.8) is 0 Å². The average molecular weight is 300 g/mol. The fourth-order valence-electron chi connectivity index (χ4n) is 2.05. The number of hydrogen-bond acceptors (Lipinski definition) is 5. The van der Waals surface area contributed by atoms with Gasteiger partial charge in [0.25, 0.3) is 0 Å². The molecule has 0 aliphatic heterocycles. The van der Waals surface area contributed by atoms with Crippen molar-refractivity contribution in [3.8, 4) is 0 Å². The summed E-state index contributed by atoms with van der Waals surface area (Å²) < 4.78 is 1.69. The van der Waals surface area contributed by atoms with Gasteiger partial charge >= 0.3 is 0 Å².